The first-order valence-corrected chi connectivity index (χ1v) is 7.76. The largest absolute Gasteiger partial charge is 0.314 e. The van der Waals surface area contributed by atoms with Gasteiger partial charge in [-0.25, -0.2) is 0 Å². The van der Waals surface area contributed by atoms with E-state index < -0.39 is 0 Å². The molecule has 3 atom stereocenters. The molecule has 3 rings (SSSR count). The molecule has 2 heterocycles. The molecule has 0 radical (unpaired) electrons. The number of piperidine rings is 1. The van der Waals surface area contributed by atoms with Crippen LogP contribution in [0.25, 0.3) is 0 Å². The van der Waals surface area contributed by atoms with Gasteiger partial charge in [-0.05, 0) is 49.9 Å². The molecule has 0 amide bonds. The molecular formula is C15H21BrN2. The highest BCUT2D eigenvalue weighted by Gasteiger charge is 2.34. The molecular weight excluding hydrogens is 288 g/mol. The monoisotopic (exact) mass is 308 g/mol. The fourth-order valence-electron chi connectivity index (χ4n) is 3.38. The number of benzene rings is 1. The molecule has 0 bridgehead atoms. The average Bonchev–Trinajstić information content (AvgIpc) is 2.86. The first-order chi connectivity index (χ1) is 8.74. The van der Waals surface area contributed by atoms with Crippen LogP contribution in [0.4, 0.5) is 0 Å². The van der Waals surface area contributed by atoms with Gasteiger partial charge in [0.2, 0.25) is 0 Å². The third-order valence-corrected chi connectivity index (χ3v) is 5.12. The second-order valence-corrected chi connectivity index (χ2v) is 6.54. The molecule has 2 aliphatic heterocycles. The van der Waals surface area contributed by atoms with Crippen LogP contribution >= 0.6 is 15.9 Å². The van der Waals surface area contributed by atoms with E-state index >= 15 is 0 Å². The Morgan fingerprint density at radius 1 is 1.28 bits per heavy atom. The van der Waals surface area contributed by atoms with Crippen LogP contribution in [0.2, 0.25) is 0 Å². The maximum Gasteiger partial charge on any atom is 0.0320 e. The highest BCUT2D eigenvalue weighted by Crippen LogP contribution is 2.30. The SMILES string of the molecule is CC(c1ccc(Br)cc1)N1CCC2NCCC2C1. The van der Waals surface area contributed by atoms with Crippen LogP contribution in [0.15, 0.2) is 28.7 Å². The third-order valence-electron chi connectivity index (χ3n) is 4.59. The summed E-state index contributed by atoms with van der Waals surface area (Å²) in [5, 5.41) is 3.63. The minimum atomic E-state index is 0.541. The van der Waals surface area contributed by atoms with Gasteiger partial charge in [-0.3, -0.25) is 4.90 Å². The van der Waals surface area contributed by atoms with E-state index in [4.69, 9.17) is 0 Å². The number of nitrogens with zero attached hydrogens (tertiary/aromatic N) is 1. The van der Waals surface area contributed by atoms with E-state index in [9.17, 15) is 0 Å². The molecule has 0 aromatic heterocycles. The maximum atomic E-state index is 3.63. The lowest BCUT2D eigenvalue weighted by Crippen LogP contribution is -2.45. The summed E-state index contributed by atoms with van der Waals surface area (Å²) in [5.41, 5.74) is 1.43. The van der Waals surface area contributed by atoms with Crippen molar-refractivity contribution in [3.05, 3.63) is 34.3 Å². The Morgan fingerprint density at radius 2 is 2.06 bits per heavy atom. The highest BCUT2D eigenvalue weighted by molar-refractivity contribution is 9.10. The molecule has 0 saturated carbocycles. The average molecular weight is 309 g/mol. The van der Waals surface area contributed by atoms with Gasteiger partial charge in [0.1, 0.15) is 0 Å². The fourth-order valence-corrected chi connectivity index (χ4v) is 3.64. The topological polar surface area (TPSA) is 15.3 Å². The lowest BCUT2D eigenvalue weighted by atomic mass is 9.91. The lowest BCUT2D eigenvalue weighted by molar-refractivity contribution is 0.122. The van der Waals surface area contributed by atoms with Gasteiger partial charge in [-0.15, -0.1) is 0 Å². The summed E-state index contributed by atoms with van der Waals surface area (Å²) in [7, 11) is 0. The van der Waals surface area contributed by atoms with Crippen LogP contribution in [0, 0.1) is 5.92 Å². The summed E-state index contributed by atoms with van der Waals surface area (Å²) in [5.74, 6) is 0.872. The van der Waals surface area contributed by atoms with Crippen molar-refractivity contribution in [2.45, 2.75) is 31.8 Å². The Kier molecular flexibility index (Phi) is 3.73. The standard InChI is InChI=1S/C15H21BrN2/c1-11(12-2-4-14(16)5-3-12)18-9-7-15-13(10-18)6-8-17-15/h2-5,11,13,15,17H,6-10H2,1H3. The molecule has 2 saturated heterocycles. The smallest absolute Gasteiger partial charge is 0.0320 e. The molecule has 2 aliphatic rings. The summed E-state index contributed by atoms with van der Waals surface area (Å²) >= 11 is 3.51. The Hall–Kier alpha value is -0.380. The number of fused-ring (bicyclic) bond motifs is 1. The molecule has 1 aromatic carbocycles. The van der Waals surface area contributed by atoms with Crippen molar-refractivity contribution in [3.63, 3.8) is 0 Å². The Morgan fingerprint density at radius 3 is 2.83 bits per heavy atom. The molecule has 18 heavy (non-hydrogen) atoms. The van der Waals surface area contributed by atoms with Crippen molar-refractivity contribution >= 4 is 15.9 Å². The molecule has 1 aromatic rings. The van der Waals surface area contributed by atoms with Crippen molar-refractivity contribution in [1.29, 1.82) is 0 Å². The molecule has 2 fully saturated rings. The zero-order valence-electron chi connectivity index (χ0n) is 10.9. The first-order valence-electron chi connectivity index (χ1n) is 6.97. The van der Waals surface area contributed by atoms with Crippen molar-refractivity contribution in [3.8, 4) is 0 Å². The van der Waals surface area contributed by atoms with E-state index in [2.05, 4.69) is 57.3 Å². The van der Waals surface area contributed by atoms with Gasteiger partial charge in [0.25, 0.3) is 0 Å². The predicted octanol–water partition coefficient (Wildman–Crippen LogP) is 3.19. The van der Waals surface area contributed by atoms with Gasteiger partial charge in [0.15, 0.2) is 0 Å². The molecule has 3 unspecified atom stereocenters. The van der Waals surface area contributed by atoms with Gasteiger partial charge < -0.3 is 5.32 Å². The molecule has 0 spiro atoms. The zero-order valence-corrected chi connectivity index (χ0v) is 12.5. The van der Waals surface area contributed by atoms with E-state index in [0.717, 1.165) is 16.4 Å². The minimum absolute atomic E-state index is 0.541. The van der Waals surface area contributed by atoms with E-state index in [1.807, 2.05) is 0 Å². The van der Waals surface area contributed by atoms with E-state index in [-0.39, 0.29) is 0 Å². The van der Waals surface area contributed by atoms with Crippen molar-refractivity contribution in [2.75, 3.05) is 19.6 Å². The van der Waals surface area contributed by atoms with E-state index in [1.54, 1.807) is 0 Å². The molecule has 3 heteroatoms. The summed E-state index contributed by atoms with van der Waals surface area (Å²) in [6.45, 7) is 6.04. The van der Waals surface area contributed by atoms with Gasteiger partial charge >= 0.3 is 0 Å². The molecule has 98 valence electrons. The summed E-state index contributed by atoms with van der Waals surface area (Å²) in [6.07, 6.45) is 2.67. The van der Waals surface area contributed by atoms with Crippen LogP contribution in [0.5, 0.6) is 0 Å². The second kappa shape index (κ2) is 5.32. The van der Waals surface area contributed by atoms with Gasteiger partial charge in [0.05, 0.1) is 0 Å². The summed E-state index contributed by atoms with van der Waals surface area (Å²) in [4.78, 5) is 2.65. The Balaban J connectivity index is 1.69. The van der Waals surface area contributed by atoms with Crippen molar-refractivity contribution in [2.24, 2.45) is 5.92 Å². The molecule has 1 N–H and O–H groups in total. The minimum Gasteiger partial charge on any atom is -0.314 e. The Labute approximate surface area is 118 Å². The van der Waals surface area contributed by atoms with E-state index in [1.165, 1.54) is 38.0 Å². The van der Waals surface area contributed by atoms with Crippen LogP contribution in [-0.2, 0) is 0 Å². The molecule has 0 aliphatic carbocycles. The number of nitrogens with one attached hydrogen (secondary N) is 1. The van der Waals surface area contributed by atoms with E-state index in [0.29, 0.717) is 6.04 Å². The number of hydrogen-bond acceptors (Lipinski definition) is 2. The number of likely N-dealkylation sites (tertiary alicyclic amines) is 1. The predicted molar refractivity (Wildman–Crippen MR) is 78.6 cm³/mol. The van der Waals surface area contributed by atoms with Crippen LogP contribution in [0.3, 0.4) is 0 Å². The Bertz CT molecular complexity index is 403. The third kappa shape index (κ3) is 2.49. The highest BCUT2D eigenvalue weighted by atomic mass is 79.9. The van der Waals surface area contributed by atoms with Crippen LogP contribution in [0.1, 0.15) is 31.4 Å². The summed E-state index contributed by atoms with van der Waals surface area (Å²) in [6, 6.07) is 10.1. The zero-order chi connectivity index (χ0) is 12.5. The van der Waals surface area contributed by atoms with Crippen LogP contribution in [-0.4, -0.2) is 30.6 Å². The van der Waals surface area contributed by atoms with Gasteiger partial charge in [0, 0.05) is 29.6 Å². The number of halogens is 1. The van der Waals surface area contributed by atoms with Crippen molar-refractivity contribution < 1.29 is 0 Å². The maximum absolute atomic E-state index is 3.63. The fraction of sp³-hybridized carbons (Fsp3) is 0.600. The normalized spacial score (nSPS) is 30.1. The van der Waals surface area contributed by atoms with Crippen LogP contribution < -0.4 is 5.32 Å². The molecule has 2 nitrogen and oxygen atoms in total. The lowest BCUT2D eigenvalue weighted by Gasteiger charge is -2.38. The second-order valence-electron chi connectivity index (χ2n) is 5.62. The van der Waals surface area contributed by atoms with Crippen molar-refractivity contribution in [1.82, 2.24) is 10.2 Å². The number of rotatable bonds is 2. The first kappa shape index (κ1) is 12.6. The number of hydrogen-bond donors (Lipinski definition) is 1. The quantitative estimate of drug-likeness (QED) is 0.902. The van der Waals surface area contributed by atoms with Gasteiger partial charge in [-0.1, -0.05) is 28.1 Å². The summed E-state index contributed by atoms with van der Waals surface area (Å²) < 4.78 is 1.16. The van der Waals surface area contributed by atoms with Gasteiger partial charge in [-0.2, -0.15) is 0 Å².